The average Bonchev–Trinajstić information content (AvgIpc) is 2.52. The van der Waals surface area contributed by atoms with Gasteiger partial charge in [0.1, 0.15) is 5.52 Å². The zero-order valence-electron chi connectivity index (χ0n) is 8.74. The molecule has 0 spiro atoms. The molecule has 0 N–H and O–H groups in total. The third-order valence-electron chi connectivity index (χ3n) is 2.26. The van der Waals surface area contributed by atoms with E-state index in [2.05, 4.69) is 4.98 Å². The number of fused-ring (bicyclic) bond motifs is 1. The molecular weight excluding hydrogens is 216 g/mol. The van der Waals surface area contributed by atoms with Gasteiger partial charge in [-0.25, -0.2) is 4.98 Å². The van der Waals surface area contributed by atoms with Gasteiger partial charge in [-0.15, -0.1) is 0 Å². The van der Waals surface area contributed by atoms with Crippen molar-refractivity contribution >= 4 is 22.6 Å². The van der Waals surface area contributed by atoms with Gasteiger partial charge in [-0.3, -0.25) is 0 Å². The predicted molar refractivity (Wildman–Crippen MR) is 58.8 cm³/mol. The Hall–Kier alpha value is -1.42. The van der Waals surface area contributed by atoms with Gasteiger partial charge in [-0.05, 0) is 0 Å². The van der Waals surface area contributed by atoms with Crippen LogP contribution >= 0.6 is 11.6 Å². The van der Waals surface area contributed by atoms with E-state index in [4.69, 9.17) is 21.1 Å². The Morgan fingerprint density at radius 3 is 2.67 bits per heavy atom. The first-order chi connectivity index (χ1) is 7.17. The van der Waals surface area contributed by atoms with Crippen LogP contribution in [0.2, 0.25) is 5.02 Å². The van der Waals surface area contributed by atoms with Crippen molar-refractivity contribution in [3.8, 4) is 11.6 Å². The number of halogens is 1. The molecule has 5 heteroatoms. The molecule has 0 bridgehead atoms. The van der Waals surface area contributed by atoms with Crippen molar-refractivity contribution in [1.82, 2.24) is 9.55 Å². The van der Waals surface area contributed by atoms with Crippen LogP contribution in [0.3, 0.4) is 0 Å². The van der Waals surface area contributed by atoms with Crippen molar-refractivity contribution in [3.05, 3.63) is 17.3 Å². The van der Waals surface area contributed by atoms with E-state index in [1.165, 1.54) is 0 Å². The largest absolute Gasteiger partial charge is 0.491 e. The first-order valence-electron chi connectivity index (χ1n) is 4.41. The summed E-state index contributed by atoms with van der Waals surface area (Å²) in [5.74, 6) is 1.04. The lowest BCUT2D eigenvalue weighted by Crippen LogP contribution is -1.94. The van der Waals surface area contributed by atoms with Gasteiger partial charge in [0.15, 0.2) is 5.75 Å². The Balaban J connectivity index is 2.77. The number of methoxy groups -OCH3 is 2. The number of aromatic nitrogens is 2. The predicted octanol–water partition coefficient (Wildman–Crippen LogP) is 2.24. The molecule has 0 aliphatic heterocycles. The summed E-state index contributed by atoms with van der Waals surface area (Å²) in [6.45, 7) is 0. The summed E-state index contributed by atoms with van der Waals surface area (Å²) in [5, 5.41) is 0.605. The fraction of sp³-hybridized carbons (Fsp3) is 0.300. The normalized spacial score (nSPS) is 10.7. The second-order valence-electron chi connectivity index (χ2n) is 3.16. The number of aryl methyl sites for hydroxylation is 1. The number of ether oxygens (including phenoxy) is 2. The molecule has 0 saturated carbocycles. The lowest BCUT2D eigenvalue weighted by molar-refractivity contribution is 0.344. The van der Waals surface area contributed by atoms with Crippen LogP contribution in [0.15, 0.2) is 12.3 Å². The second-order valence-corrected chi connectivity index (χ2v) is 3.56. The Morgan fingerprint density at radius 2 is 2.07 bits per heavy atom. The molecule has 0 aliphatic rings. The molecule has 2 heterocycles. The Morgan fingerprint density at radius 1 is 1.33 bits per heavy atom. The van der Waals surface area contributed by atoms with Crippen molar-refractivity contribution in [2.24, 2.45) is 7.05 Å². The Kier molecular flexibility index (Phi) is 2.44. The smallest absolute Gasteiger partial charge is 0.257 e. The van der Waals surface area contributed by atoms with Gasteiger partial charge < -0.3 is 14.0 Å². The first kappa shape index (κ1) is 10.1. The molecular formula is C10H11ClN2O2. The number of hydrogen-bond donors (Lipinski definition) is 0. The fourth-order valence-electron chi connectivity index (χ4n) is 1.51. The van der Waals surface area contributed by atoms with Gasteiger partial charge in [-0.2, -0.15) is 0 Å². The summed E-state index contributed by atoms with van der Waals surface area (Å²) in [5.41, 5.74) is 1.63. The summed E-state index contributed by atoms with van der Waals surface area (Å²) in [6, 6.07) is 1.85. The SMILES string of the molecule is COc1cc2c(nc1OC)c(Cl)cn2C. The molecule has 0 fully saturated rings. The maximum Gasteiger partial charge on any atom is 0.257 e. The van der Waals surface area contributed by atoms with Gasteiger partial charge in [0.2, 0.25) is 0 Å². The van der Waals surface area contributed by atoms with Crippen LogP contribution in [0.5, 0.6) is 11.6 Å². The van der Waals surface area contributed by atoms with Crippen molar-refractivity contribution in [2.75, 3.05) is 14.2 Å². The minimum atomic E-state index is 0.443. The molecule has 2 aromatic rings. The lowest BCUT2D eigenvalue weighted by atomic mass is 10.3. The molecule has 2 aromatic heterocycles. The van der Waals surface area contributed by atoms with Gasteiger partial charge in [0.25, 0.3) is 5.88 Å². The molecule has 0 amide bonds. The fourth-order valence-corrected chi connectivity index (χ4v) is 1.79. The Labute approximate surface area is 92.4 Å². The van der Waals surface area contributed by atoms with Gasteiger partial charge >= 0.3 is 0 Å². The number of rotatable bonds is 2. The van der Waals surface area contributed by atoms with E-state index in [0.717, 1.165) is 11.0 Å². The number of hydrogen-bond acceptors (Lipinski definition) is 3. The van der Waals surface area contributed by atoms with Crippen molar-refractivity contribution in [2.45, 2.75) is 0 Å². The van der Waals surface area contributed by atoms with Crippen molar-refractivity contribution in [1.29, 1.82) is 0 Å². The van der Waals surface area contributed by atoms with E-state index in [0.29, 0.717) is 16.7 Å². The highest BCUT2D eigenvalue weighted by atomic mass is 35.5. The monoisotopic (exact) mass is 226 g/mol. The molecule has 0 saturated heterocycles. The minimum absolute atomic E-state index is 0.443. The zero-order valence-corrected chi connectivity index (χ0v) is 9.50. The molecule has 0 radical (unpaired) electrons. The van der Waals surface area contributed by atoms with Gasteiger partial charge in [0, 0.05) is 19.3 Å². The van der Waals surface area contributed by atoms with Crippen LogP contribution in [-0.2, 0) is 7.05 Å². The van der Waals surface area contributed by atoms with E-state index in [1.54, 1.807) is 20.4 Å². The maximum absolute atomic E-state index is 6.02. The molecule has 0 unspecified atom stereocenters. The van der Waals surface area contributed by atoms with Crippen LogP contribution in [0.4, 0.5) is 0 Å². The van der Waals surface area contributed by atoms with E-state index in [-0.39, 0.29) is 0 Å². The number of nitrogens with zero attached hydrogens (tertiary/aromatic N) is 2. The highest BCUT2D eigenvalue weighted by molar-refractivity contribution is 6.35. The average molecular weight is 227 g/mol. The Bertz CT molecular complexity index is 464. The van der Waals surface area contributed by atoms with Crippen LogP contribution in [0.25, 0.3) is 11.0 Å². The summed E-state index contributed by atoms with van der Waals surface area (Å²) >= 11 is 6.02. The van der Waals surface area contributed by atoms with Crippen molar-refractivity contribution < 1.29 is 9.47 Å². The van der Waals surface area contributed by atoms with Gasteiger partial charge in [-0.1, -0.05) is 11.6 Å². The molecule has 4 nitrogen and oxygen atoms in total. The number of pyridine rings is 1. The molecule has 15 heavy (non-hydrogen) atoms. The molecule has 0 aromatic carbocycles. The molecule has 80 valence electrons. The highest BCUT2D eigenvalue weighted by Crippen LogP contribution is 2.32. The third kappa shape index (κ3) is 1.51. The maximum atomic E-state index is 6.02. The second kappa shape index (κ2) is 3.62. The van der Waals surface area contributed by atoms with E-state index in [1.807, 2.05) is 17.7 Å². The molecule has 2 rings (SSSR count). The molecule has 0 aliphatic carbocycles. The summed E-state index contributed by atoms with van der Waals surface area (Å²) < 4.78 is 12.2. The van der Waals surface area contributed by atoms with Crippen LogP contribution in [0, 0.1) is 0 Å². The third-order valence-corrected chi connectivity index (χ3v) is 2.54. The summed E-state index contributed by atoms with van der Waals surface area (Å²) in [6.07, 6.45) is 1.80. The van der Waals surface area contributed by atoms with E-state index in [9.17, 15) is 0 Å². The minimum Gasteiger partial charge on any atom is -0.491 e. The zero-order chi connectivity index (χ0) is 11.0. The van der Waals surface area contributed by atoms with Crippen LogP contribution in [0.1, 0.15) is 0 Å². The van der Waals surface area contributed by atoms with Crippen LogP contribution < -0.4 is 9.47 Å². The quantitative estimate of drug-likeness (QED) is 0.788. The van der Waals surface area contributed by atoms with Crippen LogP contribution in [-0.4, -0.2) is 23.8 Å². The standard InChI is InChI=1S/C10H11ClN2O2/c1-13-5-6(11)9-7(13)4-8(14-2)10(12-9)15-3/h4-5H,1-3H3. The topological polar surface area (TPSA) is 36.3 Å². The van der Waals surface area contributed by atoms with Crippen molar-refractivity contribution in [3.63, 3.8) is 0 Å². The summed E-state index contributed by atoms with van der Waals surface area (Å²) in [7, 11) is 5.03. The van der Waals surface area contributed by atoms with E-state index < -0.39 is 0 Å². The lowest BCUT2D eigenvalue weighted by Gasteiger charge is -2.06. The highest BCUT2D eigenvalue weighted by Gasteiger charge is 2.12. The van der Waals surface area contributed by atoms with Gasteiger partial charge in [0.05, 0.1) is 24.8 Å². The molecule has 0 atom stereocenters. The van der Waals surface area contributed by atoms with E-state index >= 15 is 0 Å². The first-order valence-corrected chi connectivity index (χ1v) is 4.78. The summed E-state index contributed by atoms with van der Waals surface area (Å²) in [4.78, 5) is 4.28.